The highest BCUT2D eigenvalue weighted by Crippen LogP contribution is 2.26. The Morgan fingerprint density at radius 3 is 2.64 bits per heavy atom. The number of amides is 2. The molecule has 25 heavy (non-hydrogen) atoms. The normalized spacial score (nSPS) is 27.5. The van der Waals surface area contributed by atoms with Crippen molar-refractivity contribution in [3.63, 3.8) is 0 Å². The molecule has 1 aliphatic heterocycles. The van der Waals surface area contributed by atoms with Crippen LogP contribution in [-0.2, 0) is 11.2 Å². The molecule has 1 aromatic rings. The van der Waals surface area contributed by atoms with Gasteiger partial charge in [0.2, 0.25) is 5.91 Å². The van der Waals surface area contributed by atoms with Crippen LogP contribution < -0.4 is 5.32 Å². The molecule has 2 N–H and O–H groups in total. The fraction of sp³-hybridized carbons (Fsp3) is 0.706. The lowest BCUT2D eigenvalue weighted by atomic mass is 10.1. The highest BCUT2D eigenvalue weighted by Gasteiger charge is 2.40. The second-order valence-corrected chi connectivity index (χ2v) is 6.79. The first-order valence-corrected chi connectivity index (χ1v) is 8.93. The van der Waals surface area contributed by atoms with Gasteiger partial charge in [-0.1, -0.05) is 12.1 Å². The number of carbonyl (C=O) groups is 2. The van der Waals surface area contributed by atoms with E-state index in [1.165, 1.54) is 0 Å². The third-order valence-corrected chi connectivity index (χ3v) is 5.27. The van der Waals surface area contributed by atoms with Crippen LogP contribution in [0, 0.1) is 0 Å². The average Bonchev–Trinajstić information content (AvgIpc) is 3.22. The third kappa shape index (κ3) is 3.85. The molecule has 8 nitrogen and oxygen atoms in total. The Balaban J connectivity index is 1.54. The summed E-state index contributed by atoms with van der Waals surface area (Å²) < 4.78 is 5.06. The minimum absolute atomic E-state index is 0.0166. The van der Waals surface area contributed by atoms with Crippen molar-refractivity contribution in [1.82, 2.24) is 20.3 Å². The van der Waals surface area contributed by atoms with Crippen LogP contribution in [0.15, 0.2) is 10.6 Å². The Bertz CT molecular complexity index is 624. The summed E-state index contributed by atoms with van der Waals surface area (Å²) in [5.74, 6) is 0.448. The molecule has 0 unspecified atom stereocenters. The van der Waals surface area contributed by atoms with Crippen molar-refractivity contribution in [3.05, 3.63) is 17.5 Å². The van der Waals surface area contributed by atoms with Crippen LogP contribution in [0.1, 0.15) is 42.9 Å². The van der Waals surface area contributed by atoms with Gasteiger partial charge in [-0.15, -0.1) is 0 Å². The largest absolute Gasteiger partial charge is 0.389 e. The number of carbonyl (C=O) groups excluding carboxylic acids is 2. The Morgan fingerprint density at radius 2 is 2.04 bits per heavy atom. The quantitative estimate of drug-likeness (QED) is 0.794. The lowest BCUT2D eigenvalue weighted by Crippen LogP contribution is -2.55. The van der Waals surface area contributed by atoms with Gasteiger partial charge < -0.3 is 19.8 Å². The zero-order valence-corrected chi connectivity index (χ0v) is 14.8. The Morgan fingerprint density at radius 1 is 1.32 bits per heavy atom. The van der Waals surface area contributed by atoms with Crippen molar-refractivity contribution in [2.45, 2.75) is 51.3 Å². The van der Waals surface area contributed by atoms with E-state index < -0.39 is 6.10 Å². The highest BCUT2D eigenvalue weighted by atomic mass is 16.5. The Labute approximate surface area is 147 Å². The summed E-state index contributed by atoms with van der Waals surface area (Å²) in [6, 6.07) is 1.36. The van der Waals surface area contributed by atoms with E-state index in [2.05, 4.69) is 15.4 Å². The summed E-state index contributed by atoms with van der Waals surface area (Å²) >= 11 is 0. The first kappa shape index (κ1) is 17.9. The molecule has 0 radical (unpaired) electrons. The Hall–Kier alpha value is -1.93. The monoisotopic (exact) mass is 350 g/mol. The molecular weight excluding hydrogens is 324 g/mol. The highest BCUT2D eigenvalue weighted by molar-refractivity contribution is 5.92. The van der Waals surface area contributed by atoms with Gasteiger partial charge in [-0.25, -0.2) is 0 Å². The van der Waals surface area contributed by atoms with E-state index in [4.69, 9.17) is 4.52 Å². The van der Waals surface area contributed by atoms with Crippen LogP contribution >= 0.6 is 0 Å². The molecule has 138 valence electrons. The van der Waals surface area contributed by atoms with Gasteiger partial charge >= 0.3 is 0 Å². The smallest absolute Gasteiger partial charge is 0.273 e. The molecular formula is C17H26N4O4. The summed E-state index contributed by atoms with van der Waals surface area (Å²) in [7, 11) is 0. The van der Waals surface area contributed by atoms with Crippen molar-refractivity contribution >= 4 is 11.8 Å². The van der Waals surface area contributed by atoms with Gasteiger partial charge in [-0.3, -0.25) is 14.5 Å². The van der Waals surface area contributed by atoms with Crippen molar-refractivity contribution in [3.8, 4) is 0 Å². The SMILES string of the molecule is CCc1cc(C(=O)N[C@@H]2CC[C@@H](N3CCN(C(C)=O)CC3)[C@@H]2O)no1. The molecule has 2 aliphatic rings. The van der Waals surface area contributed by atoms with Gasteiger partial charge in [0.25, 0.3) is 5.91 Å². The van der Waals surface area contributed by atoms with E-state index in [1.807, 2.05) is 11.8 Å². The standard InChI is InChI=1S/C17H26N4O4/c1-3-12-10-14(19-25-12)17(24)18-13-4-5-15(16(13)23)21-8-6-20(7-9-21)11(2)22/h10,13,15-16,23H,3-9H2,1-2H3,(H,18,24)/t13-,15-,16-/m1/s1. The maximum Gasteiger partial charge on any atom is 0.273 e. The fourth-order valence-electron chi connectivity index (χ4n) is 3.71. The van der Waals surface area contributed by atoms with Crippen LogP contribution in [0.5, 0.6) is 0 Å². The zero-order valence-electron chi connectivity index (χ0n) is 14.8. The van der Waals surface area contributed by atoms with Crippen LogP contribution in [0.25, 0.3) is 0 Å². The van der Waals surface area contributed by atoms with Crippen LogP contribution in [0.2, 0.25) is 0 Å². The second kappa shape index (κ2) is 7.53. The molecule has 2 heterocycles. The number of nitrogens with one attached hydrogen (secondary N) is 1. The molecule has 1 saturated carbocycles. The number of aliphatic hydroxyl groups is 1. The number of piperazine rings is 1. The summed E-state index contributed by atoms with van der Waals surface area (Å²) in [5, 5.41) is 17.3. The van der Waals surface area contributed by atoms with Gasteiger partial charge in [0.05, 0.1) is 12.1 Å². The van der Waals surface area contributed by atoms with Crippen LogP contribution in [0.3, 0.4) is 0 Å². The number of aliphatic hydroxyl groups excluding tert-OH is 1. The minimum atomic E-state index is -0.620. The predicted molar refractivity (Wildman–Crippen MR) is 90.0 cm³/mol. The molecule has 1 saturated heterocycles. The van der Waals surface area contributed by atoms with Crippen molar-refractivity contribution in [2.24, 2.45) is 0 Å². The Kier molecular flexibility index (Phi) is 5.39. The van der Waals surface area contributed by atoms with Gasteiger partial charge in [-0.2, -0.15) is 0 Å². The second-order valence-electron chi connectivity index (χ2n) is 6.79. The predicted octanol–water partition coefficient (Wildman–Crippen LogP) is 0.0228. The number of nitrogens with zero attached hydrogens (tertiary/aromatic N) is 3. The zero-order chi connectivity index (χ0) is 18.0. The molecule has 3 atom stereocenters. The van der Waals surface area contributed by atoms with Gasteiger partial charge in [0.1, 0.15) is 5.76 Å². The van der Waals surface area contributed by atoms with Crippen LogP contribution in [-0.4, -0.2) is 76.2 Å². The molecule has 8 heteroatoms. The lowest BCUT2D eigenvalue weighted by Gasteiger charge is -2.39. The summed E-state index contributed by atoms with van der Waals surface area (Å²) in [4.78, 5) is 27.7. The lowest BCUT2D eigenvalue weighted by molar-refractivity contribution is -0.131. The topological polar surface area (TPSA) is 98.9 Å². The maximum absolute atomic E-state index is 12.3. The van der Waals surface area contributed by atoms with E-state index in [9.17, 15) is 14.7 Å². The first-order valence-electron chi connectivity index (χ1n) is 8.93. The van der Waals surface area contributed by atoms with E-state index in [-0.39, 0.29) is 29.6 Å². The van der Waals surface area contributed by atoms with Crippen molar-refractivity contribution in [1.29, 1.82) is 0 Å². The van der Waals surface area contributed by atoms with Gasteiger partial charge in [0.15, 0.2) is 5.69 Å². The molecule has 2 amide bonds. The number of hydrogen-bond donors (Lipinski definition) is 2. The third-order valence-electron chi connectivity index (χ3n) is 5.27. The maximum atomic E-state index is 12.3. The summed E-state index contributed by atoms with van der Waals surface area (Å²) in [5.41, 5.74) is 0.252. The number of rotatable bonds is 4. The van der Waals surface area contributed by atoms with Crippen LogP contribution in [0.4, 0.5) is 0 Å². The van der Waals surface area contributed by atoms with Crippen molar-refractivity contribution in [2.75, 3.05) is 26.2 Å². The van der Waals surface area contributed by atoms with E-state index >= 15 is 0 Å². The summed E-state index contributed by atoms with van der Waals surface area (Å²) in [6.45, 7) is 6.40. The van der Waals surface area contributed by atoms with Crippen molar-refractivity contribution < 1.29 is 19.2 Å². The van der Waals surface area contributed by atoms with Gasteiger partial charge in [0, 0.05) is 51.6 Å². The molecule has 0 spiro atoms. The number of aryl methyl sites for hydroxylation is 1. The molecule has 3 rings (SSSR count). The molecule has 0 bridgehead atoms. The molecule has 1 aliphatic carbocycles. The van der Waals surface area contributed by atoms with E-state index in [0.717, 1.165) is 25.9 Å². The molecule has 2 fully saturated rings. The molecule has 0 aromatic carbocycles. The minimum Gasteiger partial charge on any atom is -0.389 e. The fourth-order valence-corrected chi connectivity index (χ4v) is 3.71. The molecule has 1 aromatic heterocycles. The number of aromatic nitrogens is 1. The first-order chi connectivity index (χ1) is 12.0. The van der Waals surface area contributed by atoms with E-state index in [0.29, 0.717) is 25.3 Å². The number of hydrogen-bond acceptors (Lipinski definition) is 6. The average molecular weight is 350 g/mol. The summed E-state index contributed by atoms with van der Waals surface area (Å²) in [6.07, 6.45) is 1.61. The van der Waals surface area contributed by atoms with Gasteiger partial charge in [-0.05, 0) is 12.8 Å². The van der Waals surface area contributed by atoms with E-state index in [1.54, 1.807) is 13.0 Å².